The number of ketones is 1. The maximum Gasteiger partial charge on any atom is 0.189 e. The molecule has 14 unspecified atom stereocenters. The molecule has 10 heteroatoms. The van der Waals surface area contributed by atoms with Gasteiger partial charge in [-0.25, -0.2) is 4.99 Å². The van der Waals surface area contributed by atoms with Crippen LogP contribution < -0.4 is 15.8 Å². The van der Waals surface area contributed by atoms with Crippen molar-refractivity contribution in [2.24, 2.45) is 68.4 Å². The molecule has 3 aromatic carbocycles. The molecule has 14 aliphatic rings. The lowest BCUT2D eigenvalue weighted by Crippen LogP contribution is -2.63. The number of aromatic hydroxyl groups is 2. The molecule has 10 nitrogen and oxygen atoms in total. The van der Waals surface area contributed by atoms with Gasteiger partial charge in [0.05, 0.1) is 37.0 Å². The third-order valence-corrected chi connectivity index (χ3v) is 27.9. The van der Waals surface area contributed by atoms with Gasteiger partial charge in [-0.1, -0.05) is 130 Å². The zero-order valence-corrected chi connectivity index (χ0v) is 53.4. The Morgan fingerprint density at radius 3 is 2.40 bits per heavy atom. The van der Waals surface area contributed by atoms with Gasteiger partial charge in [0.2, 0.25) is 0 Å². The standard InChI is InChI=1S/C80H97N3O7/c1-48-42-78-30-22-49-33-51-44-76(47-85)25-8-5-21-63(76)62(46-84)68(51)65(87)40-60(49)61-41-66(90-58-18-3-4-19-58)72(88)70-59(61)20-14-17-56(34-50-35-67(78)79(43-48)45-64-73(69(50)71(70)79)89-32-31-75(64)23-9-10-24-75)82-74(81)83-80(28-6-2-7-29-80)53-16-13-15-52(36-53)77(26-11-12-27-77)54-37-55(78)39-57(86)38-54/h8,13,15-16,22,25,30,35-39,41,48-51,56,58,60,63-64,69,71,73,84-86,88H,2-7,9-12,17-19,21,23-24,26-29,31-34,40,42-47H2,1H3,(H3,81,82,83). The van der Waals surface area contributed by atoms with Gasteiger partial charge in [0.15, 0.2) is 23.2 Å². The van der Waals surface area contributed by atoms with E-state index in [9.17, 15) is 20.4 Å². The Morgan fingerprint density at radius 1 is 0.811 bits per heavy atom. The molecule has 0 amide bonds. The second-order valence-corrected chi connectivity index (χ2v) is 32.3. The predicted octanol–water partition coefficient (Wildman–Crippen LogP) is 14.7. The number of nitrogens with zero attached hydrogens (tertiary/aromatic N) is 1. The van der Waals surface area contributed by atoms with E-state index >= 15 is 4.79 Å². The minimum Gasteiger partial charge on any atom is -0.508 e. The first kappa shape index (κ1) is 58.2. The van der Waals surface area contributed by atoms with Gasteiger partial charge in [-0.3, -0.25) is 4.79 Å². The van der Waals surface area contributed by atoms with Crippen molar-refractivity contribution in [3.63, 3.8) is 0 Å². The van der Waals surface area contributed by atoms with E-state index < -0.39 is 21.8 Å². The minimum absolute atomic E-state index is 0.0459. The lowest BCUT2D eigenvalue weighted by atomic mass is 9.37. The lowest BCUT2D eigenvalue weighted by molar-refractivity contribution is -0.190. The molecule has 2 aliphatic heterocycles. The Bertz CT molecular complexity index is 3630. The number of phenolic OH excluding ortho intramolecular Hbond substituents is 2. The first-order chi connectivity index (χ1) is 43.8. The fraction of sp³-hybridized carbons (Fsp3) is 0.625. The molecule has 2 heterocycles. The number of guanidine groups is 1. The summed E-state index contributed by atoms with van der Waals surface area (Å²) < 4.78 is 15.0. The van der Waals surface area contributed by atoms with Crippen molar-refractivity contribution >= 4 is 11.7 Å². The van der Waals surface area contributed by atoms with E-state index in [4.69, 9.17) is 20.2 Å². The fourth-order valence-electron chi connectivity index (χ4n) is 24.4. The van der Waals surface area contributed by atoms with E-state index in [1.807, 2.05) is 0 Å². The normalized spacial score (nSPS) is 38.1. The highest BCUT2D eigenvalue weighted by atomic mass is 16.5. The molecule has 474 valence electrons. The van der Waals surface area contributed by atoms with Crippen LogP contribution in [0.5, 0.6) is 17.2 Å². The van der Waals surface area contributed by atoms with Crippen LogP contribution in [0.1, 0.15) is 237 Å². The Balaban J connectivity index is 1.000. The zero-order chi connectivity index (χ0) is 60.9. The first-order valence-corrected chi connectivity index (χ1v) is 36.1. The van der Waals surface area contributed by atoms with Crippen molar-refractivity contribution in [1.29, 1.82) is 0 Å². The monoisotopic (exact) mass is 1210 g/mol. The molecule has 0 aromatic heterocycles. The Morgan fingerprint density at radius 2 is 1.59 bits per heavy atom. The van der Waals surface area contributed by atoms with Gasteiger partial charge in [-0.05, 0) is 226 Å². The maximum absolute atomic E-state index is 16.2. The second kappa shape index (κ2) is 21.7. The van der Waals surface area contributed by atoms with Crippen LogP contribution in [0, 0.1) is 69.5 Å². The van der Waals surface area contributed by atoms with Gasteiger partial charge in [0.1, 0.15) is 5.75 Å². The Hall–Kier alpha value is -5.60. The number of rotatable bonds is 4. The number of benzene rings is 3. The third-order valence-electron chi connectivity index (χ3n) is 27.9. The quantitative estimate of drug-likeness (QED) is 0.110. The topological polar surface area (TPSA) is 167 Å². The van der Waals surface area contributed by atoms with E-state index in [0.29, 0.717) is 43.1 Å². The summed E-state index contributed by atoms with van der Waals surface area (Å²) in [6.45, 7) is 2.97. The lowest BCUT2D eigenvalue weighted by Gasteiger charge is -2.68. The number of ether oxygens (including phenoxy) is 2. The van der Waals surface area contributed by atoms with Gasteiger partial charge in [-0.2, -0.15) is 0 Å². The molecule has 8 fully saturated rings. The highest BCUT2D eigenvalue weighted by Crippen LogP contribution is 2.76. The number of nitrogens with two attached hydrogens (primary N) is 1. The summed E-state index contributed by atoms with van der Waals surface area (Å²) in [6, 6.07) is 18.2. The van der Waals surface area contributed by atoms with Crippen LogP contribution >= 0.6 is 0 Å². The molecular weight excluding hydrogens is 1110 g/mol. The van der Waals surface area contributed by atoms with Gasteiger partial charge in [-0.15, -0.1) is 0 Å². The average Bonchev–Trinajstić information content (AvgIpc) is 0.887. The molecule has 14 bridgehead atoms. The van der Waals surface area contributed by atoms with Crippen molar-refractivity contribution in [1.82, 2.24) is 5.32 Å². The molecule has 90 heavy (non-hydrogen) atoms. The molecule has 7 N–H and O–H groups in total. The molecule has 17 rings (SSSR count). The molecule has 7 saturated carbocycles. The number of aliphatic hydroxyl groups is 2. The number of carbonyl (C=O) groups is 1. The van der Waals surface area contributed by atoms with Crippen molar-refractivity contribution in [2.75, 3.05) is 19.8 Å². The summed E-state index contributed by atoms with van der Waals surface area (Å²) >= 11 is 0. The van der Waals surface area contributed by atoms with Crippen LogP contribution in [0.25, 0.3) is 0 Å². The molecule has 4 spiro atoms. The summed E-state index contributed by atoms with van der Waals surface area (Å²) in [5.41, 5.74) is 15.8. The predicted molar refractivity (Wildman–Crippen MR) is 351 cm³/mol. The number of fused-ring (bicyclic) bond motifs is 14. The number of nitrogens with one attached hydrogen (secondary N) is 1. The average molecular weight is 1210 g/mol. The Labute approximate surface area is 534 Å². The van der Waals surface area contributed by atoms with E-state index in [-0.39, 0.29) is 114 Å². The van der Waals surface area contributed by atoms with Gasteiger partial charge >= 0.3 is 0 Å². The zero-order valence-electron chi connectivity index (χ0n) is 53.4. The fourth-order valence-corrected chi connectivity index (χ4v) is 24.4. The summed E-state index contributed by atoms with van der Waals surface area (Å²) in [4.78, 5) is 21.9. The maximum atomic E-state index is 16.2. The van der Waals surface area contributed by atoms with Crippen LogP contribution in [0.15, 0.2) is 101 Å². The summed E-state index contributed by atoms with van der Waals surface area (Å²) in [6.07, 6.45) is 38.6. The number of aliphatic imine (C=N–C) groups is 1. The van der Waals surface area contributed by atoms with Gasteiger partial charge in [0.25, 0.3) is 0 Å². The number of Topliss-reactive ketones (excluding diaryl/α,β-unsaturated/α-hetero) is 1. The SMILES string of the molecule is CC1CC23C=CC4CC5CC6(CO)C=CCCC6C(CO)=C5C(=O)CC4c4cc(OC5CCCC5)c(O)c5c4C#CCC(CC4C=C2C2(C1)CC1C(OCCC16CCCC6)C4C52)N=C(N)NC1(CCCCC1)c1cccc(c1)C1(CCCC1)c1cc(O)cc3c1. The smallest absolute Gasteiger partial charge is 0.189 e. The molecule has 14 atom stereocenters. The van der Waals surface area contributed by atoms with Crippen LogP contribution in [0.3, 0.4) is 0 Å². The van der Waals surface area contributed by atoms with Crippen LogP contribution in [-0.4, -0.2) is 70.2 Å². The summed E-state index contributed by atoms with van der Waals surface area (Å²) in [5.74, 6) is 8.64. The van der Waals surface area contributed by atoms with E-state index in [0.717, 1.165) is 156 Å². The van der Waals surface area contributed by atoms with Crippen molar-refractivity contribution < 1.29 is 34.7 Å². The number of phenols is 2. The van der Waals surface area contributed by atoms with Crippen LogP contribution in [-0.2, 0) is 25.9 Å². The summed E-state index contributed by atoms with van der Waals surface area (Å²) in [7, 11) is 0. The van der Waals surface area contributed by atoms with Crippen molar-refractivity contribution in [2.45, 2.75) is 233 Å². The van der Waals surface area contributed by atoms with Gasteiger partial charge in [0, 0.05) is 63.7 Å². The third kappa shape index (κ3) is 8.71. The van der Waals surface area contributed by atoms with Crippen LogP contribution in [0.2, 0.25) is 0 Å². The highest BCUT2D eigenvalue weighted by molar-refractivity contribution is 5.98. The molecule has 0 radical (unpaired) electrons. The van der Waals surface area contributed by atoms with Gasteiger partial charge < -0.3 is 41.0 Å². The molecular formula is C80H97N3O7. The van der Waals surface area contributed by atoms with E-state index in [1.165, 1.54) is 54.4 Å². The largest absolute Gasteiger partial charge is 0.508 e. The minimum atomic E-state index is -0.739. The number of hydrogen-bond acceptors (Lipinski definition) is 10. The molecule has 3 aromatic rings. The molecule has 1 saturated heterocycles. The highest BCUT2D eigenvalue weighted by Gasteiger charge is 2.69. The number of aliphatic hydroxyl groups excluding tert-OH is 2. The summed E-state index contributed by atoms with van der Waals surface area (Å²) in [5, 5.41) is 54.5. The number of carbonyl (C=O) groups excluding carboxylic acids is 1. The Kier molecular flexibility index (Phi) is 14.1. The van der Waals surface area contributed by atoms with E-state index in [1.54, 1.807) is 0 Å². The number of hydrogen-bond donors (Lipinski definition) is 6. The second-order valence-electron chi connectivity index (χ2n) is 32.3. The van der Waals surface area contributed by atoms with E-state index in [2.05, 4.69) is 103 Å². The van der Waals surface area contributed by atoms with Crippen molar-refractivity contribution in [3.8, 4) is 29.1 Å². The first-order valence-electron chi connectivity index (χ1n) is 36.1. The molecule has 12 aliphatic carbocycles. The van der Waals surface area contributed by atoms with Crippen LogP contribution in [0.4, 0.5) is 0 Å². The number of allylic oxidation sites excluding steroid dienone is 6. The van der Waals surface area contributed by atoms with Crippen molar-refractivity contribution in [3.05, 3.63) is 135 Å².